The van der Waals surface area contributed by atoms with Crippen molar-refractivity contribution >= 4 is 45.5 Å². The molecule has 6 rings (SSSR count). The number of nitrogens with zero attached hydrogens (tertiary/aromatic N) is 6. The summed E-state index contributed by atoms with van der Waals surface area (Å²) in [4.78, 5) is 24.7. The molecular weight excluding hydrogens is 480 g/mol. The zero-order valence-electron chi connectivity index (χ0n) is 19.8. The molecule has 8 nitrogen and oxygen atoms in total. The van der Waals surface area contributed by atoms with Crippen LogP contribution in [0.25, 0.3) is 22.6 Å². The fourth-order valence-electron chi connectivity index (χ4n) is 4.95. The molecule has 35 heavy (non-hydrogen) atoms. The average molecular weight is 509 g/mol. The lowest BCUT2D eigenvalue weighted by Gasteiger charge is -2.36. The molecule has 0 amide bonds. The van der Waals surface area contributed by atoms with Gasteiger partial charge in [-0.2, -0.15) is 0 Å². The van der Waals surface area contributed by atoms with Crippen molar-refractivity contribution in [3.05, 3.63) is 51.6 Å². The molecule has 0 atom stereocenters. The molecule has 0 bridgehead atoms. The summed E-state index contributed by atoms with van der Waals surface area (Å²) in [6.45, 7) is 10.8. The molecule has 2 fully saturated rings. The van der Waals surface area contributed by atoms with Crippen LogP contribution in [-0.2, 0) is 6.54 Å². The van der Waals surface area contributed by atoms with Gasteiger partial charge in [-0.25, -0.2) is 15.0 Å². The normalized spacial score (nSPS) is 17.4. The second-order valence-electron chi connectivity index (χ2n) is 9.14. The lowest BCUT2D eigenvalue weighted by atomic mass is 10.1. The third-order valence-corrected chi connectivity index (χ3v) is 7.90. The fourth-order valence-corrected chi connectivity index (χ4v) is 5.81. The molecule has 0 spiro atoms. The summed E-state index contributed by atoms with van der Waals surface area (Å²) in [6, 6.07) is 8.63. The van der Waals surface area contributed by atoms with Crippen LogP contribution in [0.3, 0.4) is 0 Å². The Morgan fingerprint density at radius 1 is 0.971 bits per heavy atom. The summed E-state index contributed by atoms with van der Waals surface area (Å²) in [5.74, 6) is 0.820. The molecule has 2 N–H and O–H groups in total. The van der Waals surface area contributed by atoms with Crippen molar-refractivity contribution in [3.8, 4) is 11.4 Å². The number of anilines is 2. The third-order valence-electron chi connectivity index (χ3n) is 6.81. The fraction of sp³-hybridized carbons (Fsp3) is 0.400. The molecule has 10 heteroatoms. The van der Waals surface area contributed by atoms with E-state index in [0.717, 1.165) is 97.8 Å². The lowest BCUT2D eigenvalue weighted by molar-refractivity contribution is 0.247. The second kappa shape index (κ2) is 9.73. The monoisotopic (exact) mass is 508 g/mol. The largest absolute Gasteiger partial charge is 0.369 e. The number of aromatic nitrogens is 4. The van der Waals surface area contributed by atoms with E-state index in [-0.39, 0.29) is 0 Å². The zero-order valence-corrected chi connectivity index (χ0v) is 21.4. The Labute approximate surface area is 214 Å². The lowest BCUT2D eigenvalue weighted by Crippen LogP contribution is -2.46. The molecule has 0 unspecified atom stereocenters. The van der Waals surface area contributed by atoms with Gasteiger partial charge < -0.3 is 20.1 Å². The van der Waals surface area contributed by atoms with Crippen LogP contribution >= 0.6 is 22.9 Å². The minimum Gasteiger partial charge on any atom is -0.369 e. The van der Waals surface area contributed by atoms with Crippen molar-refractivity contribution < 1.29 is 0 Å². The van der Waals surface area contributed by atoms with E-state index in [2.05, 4.69) is 71.5 Å². The third kappa shape index (κ3) is 4.73. The van der Waals surface area contributed by atoms with Crippen molar-refractivity contribution in [2.45, 2.75) is 13.5 Å². The molecule has 0 aliphatic carbocycles. The molecule has 4 aromatic rings. The molecule has 2 aliphatic heterocycles. The van der Waals surface area contributed by atoms with Crippen LogP contribution in [0.4, 0.5) is 11.4 Å². The van der Waals surface area contributed by atoms with Crippen LogP contribution in [-0.4, -0.2) is 77.2 Å². The summed E-state index contributed by atoms with van der Waals surface area (Å²) in [6.07, 6.45) is 1.74. The van der Waals surface area contributed by atoms with E-state index in [1.54, 1.807) is 17.5 Å². The van der Waals surface area contributed by atoms with Gasteiger partial charge >= 0.3 is 0 Å². The predicted octanol–water partition coefficient (Wildman–Crippen LogP) is 3.78. The number of piperazine rings is 2. The van der Waals surface area contributed by atoms with Crippen LogP contribution in [0, 0.1) is 6.92 Å². The number of pyridine rings is 1. The maximum atomic E-state index is 6.68. The highest BCUT2D eigenvalue weighted by Crippen LogP contribution is 2.34. The summed E-state index contributed by atoms with van der Waals surface area (Å²) >= 11 is 8.39. The molecule has 5 heterocycles. The molecular formula is C25H29ClN8S. The predicted molar refractivity (Wildman–Crippen MR) is 144 cm³/mol. The molecule has 182 valence electrons. The minimum atomic E-state index is 0.646. The summed E-state index contributed by atoms with van der Waals surface area (Å²) < 4.78 is 0. The van der Waals surface area contributed by atoms with Crippen molar-refractivity contribution in [2.24, 2.45) is 0 Å². The van der Waals surface area contributed by atoms with Gasteiger partial charge in [0, 0.05) is 75.5 Å². The number of nitrogens with one attached hydrogen (secondary N) is 2. The molecule has 2 aliphatic rings. The first kappa shape index (κ1) is 22.7. The van der Waals surface area contributed by atoms with Crippen molar-refractivity contribution in [2.75, 3.05) is 62.2 Å². The van der Waals surface area contributed by atoms with Gasteiger partial charge in [-0.3, -0.25) is 4.90 Å². The standard InChI is InChI=1S/C25H29ClN8S/c1-17-29-19(16-35-17)15-32-10-12-34(13-11-32)23-21(26)14-28-25-22(23)30-24(31-25)18-2-4-20(5-3-18)33-8-6-27-7-9-33/h2-5,14,16,27H,6-13,15H2,1H3,(H,28,30,31). The van der Waals surface area contributed by atoms with Crippen LogP contribution in [0.2, 0.25) is 5.02 Å². The van der Waals surface area contributed by atoms with Crippen LogP contribution in [0.1, 0.15) is 10.7 Å². The minimum absolute atomic E-state index is 0.646. The quantitative estimate of drug-likeness (QED) is 0.425. The zero-order chi connectivity index (χ0) is 23.8. The highest BCUT2D eigenvalue weighted by molar-refractivity contribution is 7.09. The van der Waals surface area contributed by atoms with Gasteiger partial charge in [0.25, 0.3) is 0 Å². The Morgan fingerprint density at radius 3 is 2.46 bits per heavy atom. The van der Waals surface area contributed by atoms with Crippen molar-refractivity contribution in [3.63, 3.8) is 0 Å². The van der Waals surface area contributed by atoms with E-state index in [4.69, 9.17) is 16.6 Å². The van der Waals surface area contributed by atoms with Crippen molar-refractivity contribution in [1.82, 2.24) is 30.2 Å². The molecule has 3 aromatic heterocycles. The van der Waals surface area contributed by atoms with E-state index in [0.29, 0.717) is 5.02 Å². The second-order valence-corrected chi connectivity index (χ2v) is 10.6. The van der Waals surface area contributed by atoms with E-state index < -0.39 is 0 Å². The number of H-pyrrole nitrogens is 1. The van der Waals surface area contributed by atoms with E-state index >= 15 is 0 Å². The molecule has 0 radical (unpaired) electrons. The number of halogens is 1. The van der Waals surface area contributed by atoms with Crippen LogP contribution < -0.4 is 15.1 Å². The first-order valence-corrected chi connectivity index (χ1v) is 13.4. The van der Waals surface area contributed by atoms with Gasteiger partial charge in [0.2, 0.25) is 0 Å². The number of benzene rings is 1. The Bertz CT molecular complexity index is 1300. The number of thiazole rings is 1. The van der Waals surface area contributed by atoms with E-state index in [1.807, 2.05) is 0 Å². The average Bonchev–Trinajstić information content (AvgIpc) is 3.51. The number of hydrogen-bond donors (Lipinski definition) is 2. The first-order valence-electron chi connectivity index (χ1n) is 12.1. The van der Waals surface area contributed by atoms with E-state index in [9.17, 15) is 0 Å². The molecule has 0 saturated carbocycles. The number of hydrogen-bond acceptors (Lipinski definition) is 8. The molecule has 2 saturated heterocycles. The maximum absolute atomic E-state index is 6.68. The van der Waals surface area contributed by atoms with Gasteiger partial charge in [0.1, 0.15) is 11.3 Å². The number of aromatic amines is 1. The topological polar surface area (TPSA) is 76.2 Å². The van der Waals surface area contributed by atoms with Gasteiger partial charge in [-0.1, -0.05) is 11.6 Å². The van der Waals surface area contributed by atoms with Gasteiger partial charge in [-0.05, 0) is 31.2 Å². The highest BCUT2D eigenvalue weighted by atomic mass is 35.5. The smallest absolute Gasteiger partial charge is 0.159 e. The van der Waals surface area contributed by atoms with Gasteiger partial charge in [0.05, 0.1) is 27.6 Å². The van der Waals surface area contributed by atoms with Crippen LogP contribution in [0.5, 0.6) is 0 Å². The van der Waals surface area contributed by atoms with Gasteiger partial charge in [-0.15, -0.1) is 11.3 Å². The summed E-state index contributed by atoms with van der Waals surface area (Å²) in [7, 11) is 0. The Hall–Kier alpha value is -2.72. The van der Waals surface area contributed by atoms with E-state index in [1.165, 1.54) is 5.69 Å². The van der Waals surface area contributed by atoms with Gasteiger partial charge in [0.15, 0.2) is 5.65 Å². The Balaban J connectivity index is 1.21. The molecule has 1 aromatic carbocycles. The number of fused-ring (bicyclic) bond motifs is 1. The van der Waals surface area contributed by atoms with Crippen LogP contribution in [0.15, 0.2) is 35.8 Å². The summed E-state index contributed by atoms with van der Waals surface area (Å²) in [5.41, 5.74) is 6.03. The number of rotatable bonds is 5. The number of imidazole rings is 1. The maximum Gasteiger partial charge on any atom is 0.159 e. The van der Waals surface area contributed by atoms with Crippen molar-refractivity contribution in [1.29, 1.82) is 0 Å². The SMILES string of the molecule is Cc1nc(CN2CCN(c3c(Cl)cnc4[nH]c(-c5ccc(N6CCNCC6)cc5)nc34)CC2)cs1. The number of aryl methyl sites for hydroxylation is 1. The first-order chi connectivity index (χ1) is 17.1. The highest BCUT2D eigenvalue weighted by Gasteiger charge is 2.24. The Kier molecular flexibility index (Phi) is 6.32. The Morgan fingerprint density at radius 2 is 1.74 bits per heavy atom. The summed E-state index contributed by atoms with van der Waals surface area (Å²) in [5, 5.41) is 7.33.